The van der Waals surface area contributed by atoms with Crippen LogP contribution in [0.25, 0.3) is 0 Å². The first-order valence-corrected chi connectivity index (χ1v) is 3.67. The number of rotatable bonds is 2. The molecule has 2 nitrogen and oxygen atoms in total. The molecule has 0 N–H and O–H groups in total. The lowest BCUT2D eigenvalue weighted by atomic mass is 9.93. The molecule has 0 unspecified atom stereocenters. The van der Waals surface area contributed by atoms with E-state index in [1.807, 2.05) is 6.92 Å². The van der Waals surface area contributed by atoms with E-state index in [4.69, 9.17) is 0 Å². The fraction of sp³-hybridized carbons (Fsp3) is 0.556. The molecule has 2 heteroatoms. The minimum Gasteiger partial charge on any atom is -0.271 e. The number of hydrogen-bond acceptors (Lipinski definition) is 2. The Hall–Kier alpha value is -0.920. The van der Waals surface area contributed by atoms with E-state index in [1.165, 1.54) is 0 Å². The minimum atomic E-state index is 0.0493. The molecule has 0 heterocycles. The van der Waals surface area contributed by atoms with Crippen molar-refractivity contribution in [1.29, 1.82) is 0 Å². The normalized spacial score (nSPS) is 14.0. The van der Waals surface area contributed by atoms with E-state index in [1.54, 1.807) is 12.4 Å². The van der Waals surface area contributed by atoms with Crippen LogP contribution in [0.1, 0.15) is 27.7 Å². The fourth-order valence-electron chi connectivity index (χ4n) is 0.646. The predicted octanol–water partition coefficient (Wildman–Crippen LogP) is 2.67. The third kappa shape index (κ3) is 3.71. The van der Waals surface area contributed by atoms with Crippen molar-refractivity contribution in [3.63, 3.8) is 0 Å². The molecule has 0 aliphatic carbocycles. The Bertz CT molecular complexity index is 182. The lowest BCUT2D eigenvalue weighted by Crippen LogP contribution is -2.07. The van der Waals surface area contributed by atoms with Gasteiger partial charge in [-0.05, 0) is 13.6 Å². The summed E-state index contributed by atoms with van der Waals surface area (Å²) in [5.41, 5.74) is 1.00. The van der Waals surface area contributed by atoms with E-state index >= 15 is 0 Å². The van der Waals surface area contributed by atoms with Crippen LogP contribution in [-0.4, -0.2) is 12.9 Å². The molecule has 0 aliphatic heterocycles. The first kappa shape index (κ1) is 10.1. The Labute approximate surface area is 68.8 Å². The van der Waals surface area contributed by atoms with Crippen molar-refractivity contribution in [3.05, 3.63) is 11.9 Å². The van der Waals surface area contributed by atoms with Crippen LogP contribution in [0.3, 0.4) is 0 Å². The summed E-state index contributed by atoms with van der Waals surface area (Å²) in [6, 6.07) is 0. The van der Waals surface area contributed by atoms with Gasteiger partial charge in [0.2, 0.25) is 0 Å². The molecule has 0 saturated carbocycles. The van der Waals surface area contributed by atoms with Gasteiger partial charge in [-0.3, -0.25) is 9.98 Å². The molecule has 0 rings (SSSR count). The summed E-state index contributed by atoms with van der Waals surface area (Å²) in [4.78, 5) is 7.88. The van der Waals surface area contributed by atoms with E-state index in [-0.39, 0.29) is 5.41 Å². The molecule has 0 aliphatic rings. The van der Waals surface area contributed by atoms with Gasteiger partial charge >= 0.3 is 0 Å². The molecular weight excluding hydrogens is 136 g/mol. The molecule has 0 spiro atoms. The lowest BCUT2D eigenvalue weighted by Gasteiger charge is -2.17. The monoisotopic (exact) mass is 152 g/mol. The van der Waals surface area contributed by atoms with Crippen molar-refractivity contribution in [2.75, 3.05) is 0 Å². The maximum absolute atomic E-state index is 4.19. The zero-order valence-corrected chi connectivity index (χ0v) is 7.76. The summed E-state index contributed by atoms with van der Waals surface area (Å²) in [6.07, 6.45) is 3.46. The van der Waals surface area contributed by atoms with Crippen LogP contribution >= 0.6 is 0 Å². The number of aliphatic imine (C=N–C) groups is 2. The Morgan fingerprint density at radius 3 is 2.18 bits per heavy atom. The van der Waals surface area contributed by atoms with Crippen LogP contribution in [0.15, 0.2) is 21.9 Å². The lowest BCUT2D eigenvalue weighted by molar-refractivity contribution is 0.497. The topological polar surface area (TPSA) is 24.7 Å². The number of allylic oxidation sites excluding steroid dienone is 1. The summed E-state index contributed by atoms with van der Waals surface area (Å²) >= 11 is 0. The first-order chi connectivity index (χ1) is 5.02. The molecule has 0 atom stereocenters. The number of hydrogen-bond donors (Lipinski definition) is 0. The molecule has 0 saturated heterocycles. The van der Waals surface area contributed by atoms with E-state index in [0.29, 0.717) is 0 Å². The van der Waals surface area contributed by atoms with Gasteiger partial charge in [-0.2, -0.15) is 0 Å². The SMILES string of the molecule is C=N/C=C(\N=C/C)C(C)(C)C. The molecular formula is C9H16N2. The second-order valence-corrected chi connectivity index (χ2v) is 3.33. The van der Waals surface area contributed by atoms with E-state index < -0.39 is 0 Å². The van der Waals surface area contributed by atoms with Crippen molar-refractivity contribution < 1.29 is 0 Å². The molecule has 11 heavy (non-hydrogen) atoms. The summed E-state index contributed by atoms with van der Waals surface area (Å²) in [5.74, 6) is 0. The van der Waals surface area contributed by atoms with Crippen LogP contribution in [0.5, 0.6) is 0 Å². The third-order valence-electron chi connectivity index (χ3n) is 1.25. The highest BCUT2D eigenvalue weighted by atomic mass is 14.8. The minimum absolute atomic E-state index is 0.0493. The Morgan fingerprint density at radius 1 is 1.36 bits per heavy atom. The molecule has 0 aromatic rings. The third-order valence-corrected chi connectivity index (χ3v) is 1.25. The summed E-state index contributed by atoms with van der Waals surface area (Å²) in [6.45, 7) is 11.6. The highest BCUT2D eigenvalue weighted by Gasteiger charge is 2.15. The van der Waals surface area contributed by atoms with Crippen molar-refractivity contribution in [3.8, 4) is 0 Å². The maximum Gasteiger partial charge on any atom is 0.0635 e. The van der Waals surface area contributed by atoms with Crippen molar-refractivity contribution in [1.82, 2.24) is 0 Å². The van der Waals surface area contributed by atoms with Gasteiger partial charge in [0.05, 0.1) is 5.70 Å². The van der Waals surface area contributed by atoms with Gasteiger partial charge in [-0.1, -0.05) is 20.8 Å². The molecule has 0 radical (unpaired) electrons. The van der Waals surface area contributed by atoms with Gasteiger partial charge in [0.1, 0.15) is 0 Å². The molecule has 62 valence electrons. The Morgan fingerprint density at radius 2 is 1.91 bits per heavy atom. The maximum atomic E-state index is 4.19. The van der Waals surface area contributed by atoms with Gasteiger partial charge in [0, 0.05) is 17.8 Å². The van der Waals surface area contributed by atoms with Gasteiger partial charge < -0.3 is 0 Å². The van der Waals surface area contributed by atoms with E-state index in [9.17, 15) is 0 Å². The largest absolute Gasteiger partial charge is 0.271 e. The first-order valence-electron chi connectivity index (χ1n) is 3.67. The van der Waals surface area contributed by atoms with Gasteiger partial charge in [0.15, 0.2) is 0 Å². The van der Waals surface area contributed by atoms with Crippen LogP contribution in [0.4, 0.5) is 0 Å². The van der Waals surface area contributed by atoms with Crippen molar-refractivity contribution >= 4 is 12.9 Å². The molecule has 0 aromatic heterocycles. The zero-order chi connectivity index (χ0) is 8.91. The Balaban J connectivity index is 4.61. The predicted molar refractivity (Wildman–Crippen MR) is 51.3 cm³/mol. The van der Waals surface area contributed by atoms with Crippen molar-refractivity contribution in [2.45, 2.75) is 27.7 Å². The van der Waals surface area contributed by atoms with Crippen LogP contribution in [0.2, 0.25) is 0 Å². The molecule has 0 fully saturated rings. The van der Waals surface area contributed by atoms with Crippen molar-refractivity contribution in [2.24, 2.45) is 15.4 Å². The highest BCUT2D eigenvalue weighted by Crippen LogP contribution is 2.25. The van der Waals surface area contributed by atoms with Gasteiger partial charge in [-0.15, -0.1) is 0 Å². The second kappa shape index (κ2) is 4.06. The van der Waals surface area contributed by atoms with Crippen LogP contribution in [-0.2, 0) is 0 Å². The summed E-state index contributed by atoms with van der Waals surface area (Å²) < 4.78 is 0. The summed E-state index contributed by atoms with van der Waals surface area (Å²) in [7, 11) is 0. The number of nitrogens with zero attached hydrogens (tertiary/aromatic N) is 2. The fourth-order valence-corrected chi connectivity index (χ4v) is 0.646. The highest BCUT2D eigenvalue weighted by molar-refractivity contribution is 5.55. The zero-order valence-electron chi connectivity index (χ0n) is 7.76. The summed E-state index contributed by atoms with van der Waals surface area (Å²) in [5, 5.41) is 0. The smallest absolute Gasteiger partial charge is 0.0635 e. The van der Waals surface area contributed by atoms with Crippen LogP contribution in [0, 0.1) is 5.41 Å². The van der Waals surface area contributed by atoms with Gasteiger partial charge in [-0.25, -0.2) is 0 Å². The molecule has 0 aromatic carbocycles. The average molecular weight is 152 g/mol. The molecule has 0 bridgehead atoms. The standard InChI is InChI=1S/C9H16N2/c1-6-11-8(7-10-5)9(2,3)4/h6-7H,5H2,1-4H3/b8-7-,11-6-. The Kier molecular flexibility index (Phi) is 3.72. The average Bonchev–Trinajstić information content (AvgIpc) is 1.85. The van der Waals surface area contributed by atoms with Gasteiger partial charge in [0.25, 0.3) is 0 Å². The van der Waals surface area contributed by atoms with E-state index in [2.05, 4.69) is 37.5 Å². The second-order valence-electron chi connectivity index (χ2n) is 3.33. The molecule has 0 amide bonds. The van der Waals surface area contributed by atoms with Crippen LogP contribution < -0.4 is 0 Å². The quantitative estimate of drug-likeness (QED) is 0.543. The van der Waals surface area contributed by atoms with E-state index in [0.717, 1.165) is 5.70 Å².